The van der Waals surface area contributed by atoms with Gasteiger partial charge in [0.15, 0.2) is 11.5 Å². The lowest BCUT2D eigenvalue weighted by molar-refractivity contribution is -0.147. The average molecular weight is 314 g/mol. The van der Waals surface area contributed by atoms with Crippen LogP contribution in [0.1, 0.15) is 22.6 Å². The predicted molar refractivity (Wildman–Crippen MR) is 84.2 cm³/mol. The molecule has 23 heavy (non-hydrogen) atoms. The number of hydrogen-bond acceptors (Lipinski definition) is 5. The molecule has 0 N–H and O–H groups in total. The molecule has 0 saturated carbocycles. The number of cyclic esters (lactones) is 1. The maximum Gasteiger partial charge on any atom is 0.318 e. The van der Waals surface area contributed by atoms with E-state index in [1.807, 2.05) is 24.3 Å². The zero-order valence-electron chi connectivity index (χ0n) is 13.3. The van der Waals surface area contributed by atoms with Gasteiger partial charge in [0.1, 0.15) is 18.3 Å². The fourth-order valence-electron chi connectivity index (χ4n) is 2.81. The van der Waals surface area contributed by atoms with Gasteiger partial charge in [0.25, 0.3) is 0 Å². The van der Waals surface area contributed by atoms with Gasteiger partial charge in [-0.1, -0.05) is 12.1 Å². The summed E-state index contributed by atoms with van der Waals surface area (Å²) in [6.07, 6.45) is 0. The SMILES string of the molecule is COc1ccc2c(c1)C(c1ccc(OC)c(OC)c1)C(=O)OC2. The van der Waals surface area contributed by atoms with Crippen molar-refractivity contribution >= 4 is 5.97 Å². The summed E-state index contributed by atoms with van der Waals surface area (Å²) in [5.41, 5.74) is 2.67. The molecule has 0 fully saturated rings. The number of fused-ring (bicyclic) bond motifs is 1. The molecule has 1 heterocycles. The van der Waals surface area contributed by atoms with Crippen LogP contribution in [-0.2, 0) is 16.1 Å². The number of hydrogen-bond donors (Lipinski definition) is 0. The van der Waals surface area contributed by atoms with Crippen LogP contribution in [-0.4, -0.2) is 27.3 Å². The van der Waals surface area contributed by atoms with E-state index in [1.165, 1.54) is 0 Å². The third-order valence-electron chi connectivity index (χ3n) is 4.01. The van der Waals surface area contributed by atoms with E-state index in [9.17, 15) is 4.79 Å². The summed E-state index contributed by atoms with van der Waals surface area (Å²) in [7, 11) is 4.75. The molecule has 2 aromatic rings. The van der Waals surface area contributed by atoms with Crippen LogP contribution < -0.4 is 14.2 Å². The lowest BCUT2D eigenvalue weighted by Gasteiger charge is -2.25. The van der Waals surface area contributed by atoms with E-state index in [2.05, 4.69) is 0 Å². The summed E-state index contributed by atoms with van der Waals surface area (Å²) >= 11 is 0. The summed E-state index contributed by atoms with van der Waals surface area (Å²) < 4.78 is 21.2. The van der Waals surface area contributed by atoms with Crippen molar-refractivity contribution < 1.29 is 23.7 Å². The van der Waals surface area contributed by atoms with E-state index in [0.717, 1.165) is 16.7 Å². The van der Waals surface area contributed by atoms with E-state index < -0.39 is 5.92 Å². The van der Waals surface area contributed by atoms with Crippen LogP contribution in [0.25, 0.3) is 0 Å². The standard InChI is InChI=1S/C18H18O5/c1-20-13-6-4-12-10-23-18(19)17(14(12)9-13)11-5-7-15(21-2)16(8-11)22-3/h4-9,17H,10H2,1-3H3. The normalized spacial score (nSPS) is 16.3. The molecule has 0 spiro atoms. The fourth-order valence-corrected chi connectivity index (χ4v) is 2.81. The first-order chi connectivity index (χ1) is 11.2. The third kappa shape index (κ3) is 2.70. The highest BCUT2D eigenvalue weighted by atomic mass is 16.5. The number of esters is 1. The van der Waals surface area contributed by atoms with Crippen LogP contribution in [0.5, 0.6) is 17.2 Å². The molecule has 0 aliphatic carbocycles. The molecule has 1 unspecified atom stereocenters. The van der Waals surface area contributed by atoms with Gasteiger partial charge in [0, 0.05) is 0 Å². The molecule has 5 heteroatoms. The molecule has 5 nitrogen and oxygen atoms in total. The number of rotatable bonds is 4. The van der Waals surface area contributed by atoms with Gasteiger partial charge in [0.2, 0.25) is 0 Å². The topological polar surface area (TPSA) is 54.0 Å². The maximum absolute atomic E-state index is 12.4. The Labute approximate surface area is 134 Å². The highest BCUT2D eigenvalue weighted by molar-refractivity contribution is 5.84. The minimum atomic E-state index is -0.506. The predicted octanol–water partition coefficient (Wildman–Crippen LogP) is 2.90. The monoisotopic (exact) mass is 314 g/mol. The van der Waals surface area contributed by atoms with E-state index in [0.29, 0.717) is 17.2 Å². The first-order valence-corrected chi connectivity index (χ1v) is 7.23. The second-order valence-corrected chi connectivity index (χ2v) is 5.22. The van der Waals surface area contributed by atoms with Crippen molar-refractivity contribution in [1.82, 2.24) is 0 Å². The quantitative estimate of drug-likeness (QED) is 0.812. The Morgan fingerprint density at radius 1 is 0.957 bits per heavy atom. The minimum Gasteiger partial charge on any atom is -0.497 e. The Kier molecular flexibility index (Phi) is 4.10. The van der Waals surface area contributed by atoms with E-state index in [1.54, 1.807) is 33.5 Å². The van der Waals surface area contributed by atoms with Crippen LogP contribution in [0.4, 0.5) is 0 Å². The third-order valence-corrected chi connectivity index (χ3v) is 4.01. The van der Waals surface area contributed by atoms with Crippen molar-refractivity contribution in [1.29, 1.82) is 0 Å². The van der Waals surface area contributed by atoms with Gasteiger partial charge < -0.3 is 18.9 Å². The molecule has 120 valence electrons. The summed E-state index contributed by atoms with van der Waals surface area (Å²) in [4.78, 5) is 12.4. The van der Waals surface area contributed by atoms with Crippen molar-refractivity contribution in [3.63, 3.8) is 0 Å². The Morgan fingerprint density at radius 3 is 2.43 bits per heavy atom. The zero-order valence-corrected chi connectivity index (χ0v) is 13.3. The smallest absolute Gasteiger partial charge is 0.318 e. The average Bonchev–Trinajstić information content (AvgIpc) is 2.60. The largest absolute Gasteiger partial charge is 0.497 e. The molecule has 0 bridgehead atoms. The van der Waals surface area contributed by atoms with E-state index >= 15 is 0 Å². The number of carbonyl (C=O) groups excluding carboxylic acids is 1. The lowest BCUT2D eigenvalue weighted by atomic mass is 9.86. The molecule has 3 rings (SSSR count). The van der Waals surface area contributed by atoms with Crippen molar-refractivity contribution in [2.24, 2.45) is 0 Å². The first kappa shape index (κ1) is 15.2. The Morgan fingerprint density at radius 2 is 1.74 bits per heavy atom. The van der Waals surface area contributed by atoms with Gasteiger partial charge in [-0.2, -0.15) is 0 Å². The molecular formula is C18H18O5. The second-order valence-electron chi connectivity index (χ2n) is 5.22. The van der Waals surface area contributed by atoms with E-state index in [4.69, 9.17) is 18.9 Å². The number of carbonyl (C=O) groups is 1. The number of benzene rings is 2. The van der Waals surface area contributed by atoms with Crippen molar-refractivity contribution in [3.8, 4) is 17.2 Å². The van der Waals surface area contributed by atoms with Gasteiger partial charge in [-0.05, 0) is 41.0 Å². The number of methoxy groups -OCH3 is 3. The molecule has 0 radical (unpaired) electrons. The van der Waals surface area contributed by atoms with Crippen LogP contribution in [0.3, 0.4) is 0 Å². The molecule has 2 aromatic carbocycles. The summed E-state index contributed by atoms with van der Waals surface area (Å²) in [5.74, 6) is 1.12. The highest BCUT2D eigenvalue weighted by Crippen LogP contribution is 2.38. The van der Waals surface area contributed by atoms with Crippen LogP contribution in [0, 0.1) is 0 Å². The summed E-state index contributed by atoms with van der Waals surface area (Å²) in [6.45, 7) is 0.280. The van der Waals surface area contributed by atoms with Gasteiger partial charge >= 0.3 is 5.97 Å². The van der Waals surface area contributed by atoms with Crippen LogP contribution >= 0.6 is 0 Å². The molecule has 0 amide bonds. The minimum absolute atomic E-state index is 0.280. The summed E-state index contributed by atoms with van der Waals surface area (Å²) in [6, 6.07) is 11.1. The summed E-state index contributed by atoms with van der Waals surface area (Å²) in [5, 5.41) is 0. The maximum atomic E-state index is 12.4. The van der Waals surface area contributed by atoms with Gasteiger partial charge in [-0.3, -0.25) is 4.79 Å². The first-order valence-electron chi connectivity index (χ1n) is 7.23. The zero-order chi connectivity index (χ0) is 16.4. The number of ether oxygens (including phenoxy) is 4. The fraction of sp³-hybridized carbons (Fsp3) is 0.278. The Bertz CT molecular complexity index is 738. The molecule has 0 aromatic heterocycles. The van der Waals surface area contributed by atoms with Crippen molar-refractivity contribution in [2.75, 3.05) is 21.3 Å². The van der Waals surface area contributed by atoms with Gasteiger partial charge in [-0.25, -0.2) is 0 Å². The van der Waals surface area contributed by atoms with Crippen LogP contribution in [0.2, 0.25) is 0 Å². The molecule has 1 atom stereocenters. The Hall–Kier alpha value is -2.69. The molecule has 1 aliphatic rings. The van der Waals surface area contributed by atoms with Crippen molar-refractivity contribution in [2.45, 2.75) is 12.5 Å². The molecule has 0 saturated heterocycles. The van der Waals surface area contributed by atoms with Crippen LogP contribution in [0.15, 0.2) is 36.4 Å². The Balaban J connectivity index is 2.11. The molecule has 1 aliphatic heterocycles. The molecular weight excluding hydrogens is 296 g/mol. The van der Waals surface area contributed by atoms with E-state index in [-0.39, 0.29) is 12.6 Å². The second kappa shape index (κ2) is 6.20. The highest BCUT2D eigenvalue weighted by Gasteiger charge is 2.32. The van der Waals surface area contributed by atoms with Crippen molar-refractivity contribution in [3.05, 3.63) is 53.1 Å². The van der Waals surface area contributed by atoms with Gasteiger partial charge in [-0.15, -0.1) is 0 Å². The van der Waals surface area contributed by atoms with Gasteiger partial charge in [0.05, 0.1) is 21.3 Å². The lowest BCUT2D eigenvalue weighted by Crippen LogP contribution is -2.24.